The van der Waals surface area contributed by atoms with Gasteiger partial charge in [0.2, 0.25) is 5.91 Å². The van der Waals surface area contributed by atoms with Gasteiger partial charge in [0, 0.05) is 26.1 Å². The van der Waals surface area contributed by atoms with Crippen LogP contribution in [0.1, 0.15) is 26.2 Å². The fourth-order valence-corrected chi connectivity index (χ4v) is 1.03. The molecule has 0 aromatic carbocycles. The molecule has 0 rings (SSSR count). The van der Waals surface area contributed by atoms with Crippen molar-refractivity contribution in [2.75, 3.05) is 19.7 Å². The molecule has 0 aromatic rings. The summed E-state index contributed by atoms with van der Waals surface area (Å²) >= 11 is 0. The van der Waals surface area contributed by atoms with Crippen molar-refractivity contribution in [3.05, 3.63) is 0 Å². The maximum absolute atomic E-state index is 11.3. The maximum atomic E-state index is 11.3. The smallest absolute Gasteiger partial charge is 0.222 e. The Morgan fingerprint density at radius 3 is 2.77 bits per heavy atom. The van der Waals surface area contributed by atoms with E-state index in [-0.39, 0.29) is 12.5 Å². The summed E-state index contributed by atoms with van der Waals surface area (Å²) in [4.78, 5) is 13.0. The largest absolute Gasteiger partial charge is 0.396 e. The van der Waals surface area contributed by atoms with Crippen LogP contribution in [0.2, 0.25) is 0 Å². The predicted octanol–water partition coefficient (Wildman–Crippen LogP) is 0.521. The van der Waals surface area contributed by atoms with Gasteiger partial charge in [0.1, 0.15) is 0 Å². The van der Waals surface area contributed by atoms with E-state index in [4.69, 9.17) is 10.4 Å². The van der Waals surface area contributed by atoms with E-state index in [1.165, 1.54) is 0 Å². The van der Waals surface area contributed by atoms with E-state index >= 15 is 0 Å². The molecule has 0 fully saturated rings. The summed E-state index contributed by atoms with van der Waals surface area (Å²) in [6.45, 7) is 3.05. The zero-order valence-corrected chi connectivity index (χ0v) is 7.99. The van der Waals surface area contributed by atoms with Gasteiger partial charge in [0.15, 0.2) is 0 Å². The Labute approximate surface area is 78.8 Å². The van der Waals surface area contributed by atoms with E-state index in [0.29, 0.717) is 32.4 Å². The van der Waals surface area contributed by atoms with Crippen LogP contribution in [0.25, 0.3) is 0 Å². The number of aliphatic hydroxyl groups excluding tert-OH is 1. The average Bonchev–Trinajstić information content (AvgIpc) is 2.16. The second-order valence-electron chi connectivity index (χ2n) is 2.71. The highest BCUT2D eigenvalue weighted by atomic mass is 16.3. The third-order valence-corrected chi connectivity index (χ3v) is 1.78. The Kier molecular flexibility index (Phi) is 6.93. The summed E-state index contributed by atoms with van der Waals surface area (Å²) in [5.74, 6) is 0.0202. The Balaban J connectivity index is 3.79. The number of hydrogen-bond acceptors (Lipinski definition) is 3. The normalized spacial score (nSPS) is 9.31. The van der Waals surface area contributed by atoms with Gasteiger partial charge in [-0.15, -0.1) is 0 Å². The highest BCUT2D eigenvalue weighted by Crippen LogP contribution is 1.98. The lowest BCUT2D eigenvalue weighted by molar-refractivity contribution is -0.131. The molecule has 0 atom stereocenters. The molecule has 0 aromatic heterocycles. The highest BCUT2D eigenvalue weighted by molar-refractivity contribution is 5.76. The maximum Gasteiger partial charge on any atom is 0.222 e. The minimum atomic E-state index is 0.0202. The molecular formula is C9H16N2O2. The van der Waals surface area contributed by atoms with Crippen molar-refractivity contribution >= 4 is 5.91 Å². The van der Waals surface area contributed by atoms with Crippen molar-refractivity contribution < 1.29 is 9.90 Å². The summed E-state index contributed by atoms with van der Waals surface area (Å²) in [6.07, 6.45) is 1.25. The van der Waals surface area contributed by atoms with Crippen LogP contribution < -0.4 is 0 Å². The molecule has 13 heavy (non-hydrogen) atoms. The van der Waals surface area contributed by atoms with Gasteiger partial charge in [0.25, 0.3) is 0 Å². The summed E-state index contributed by atoms with van der Waals surface area (Å²) in [6, 6.07) is 2.00. The molecule has 0 aliphatic heterocycles. The van der Waals surface area contributed by atoms with Crippen LogP contribution in [0, 0.1) is 11.3 Å². The number of nitriles is 1. The van der Waals surface area contributed by atoms with E-state index in [0.717, 1.165) is 0 Å². The monoisotopic (exact) mass is 184 g/mol. The molecule has 0 aliphatic rings. The second-order valence-corrected chi connectivity index (χ2v) is 2.71. The van der Waals surface area contributed by atoms with Crippen LogP contribution in [0.3, 0.4) is 0 Å². The fraction of sp³-hybridized carbons (Fsp3) is 0.778. The molecule has 0 heterocycles. The Morgan fingerprint density at radius 2 is 2.31 bits per heavy atom. The summed E-state index contributed by atoms with van der Waals surface area (Å²) < 4.78 is 0. The van der Waals surface area contributed by atoms with E-state index in [2.05, 4.69) is 0 Å². The lowest BCUT2D eigenvalue weighted by Gasteiger charge is -2.18. The van der Waals surface area contributed by atoms with Gasteiger partial charge in [0.05, 0.1) is 12.5 Å². The first kappa shape index (κ1) is 11.9. The van der Waals surface area contributed by atoms with Gasteiger partial charge in [-0.05, 0) is 13.3 Å². The SMILES string of the molecule is CCN(CCC#N)C(=O)CCCO. The van der Waals surface area contributed by atoms with Crippen molar-refractivity contribution in [3.8, 4) is 6.07 Å². The van der Waals surface area contributed by atoms with Crippen molar-refractivity contribution in [3.63, 3.8) is 0 Å². The first-order chi connectivity index (χ1) is 6.26. The lowest BCUT2D eigenvalue weighted by Crippen LogP contribution is -2.31. The summed E-state index contributed by atoms with van der Waals surface area (Å²) in [5.41, 5.74) is 0. The van der Waals surface area contributed by atoms with Crippen LogP contribution in [-0.2, 0) is 4.79 Å². The molecular weight excluding hydrogens is 168 g/mol. The van der Waals surface area contributed by atoms with Crippen LogP contribution in [0.5, 0.6) is 0 Å². The molecule has 0 bridgehead atoms. The number of nitrogens with zero attached hydrogens (tertiary/aromatic N) is 2. The minimum absolute atomic E-state index is 0.0202. The molecule has 4 nitrogen and oxygen atoms in total. The van der Waals surface area contributed by atoms with E-state index < -0.39 is 0 Å². The zero-order chi connectivity index (χ0) is 10.1. The zero-order valence-electron chi connectivity index (χ0n) is 7.99. The topological polar surface area (TPSA) is 64.3 Å². The van der Waals surface area contributed by atoms with Crippen LogP contribution in [0.4, 0.5) is 0 Å². The van der Waals surface area contributed by atoms with Crippen molar-refractivity contribution in [1.29, 1.82) is 5.26 Å². The molecule has 1 N–H and O–H groups in total. The van der Waals surface area contributed by atoms with E-state index in [1.807, 2.05) is 13.0 Å². The molecule has 1 amide bonds. The molecule has 0 radical (unpaired) electrons. The number of carbonyl (C=O) groups is 1. The average molecular weight is 184 g/mol. The number of aliphatic hydroxyl groups is 1. The van der Waals surface area contributed by atoms with Gasteiger partial charge in [-0.25, -0.2) is 0 Å². The molecule has 0 saturated heterocycles. The van der Waals surface area contributed by atoms with Gasteiger partial charge in [-0.3, -0.25) is 4.79 Å². The molecule has 4 heteroatoms. The molecule has 0 spiro atoms. The first-order valence-corrected chi connectivity index (χ1v) is 4.51. The first-order valence-electron chi connectivity index (χ1n) is 4.51. The van der Waals surface area contributed by atoms with Gasteiger partial charge < -0.3 is 10.0 Å². The summed E-state index contributed by atoms with van der Waals surface area (Å²) in [5, 5.41) is 16.9. The van der Waals surface area contributed by atoms with Crippen molar-refractivity contribution in [1.82, 2.24) is 4.90 Å². The number of carbonyl (C=O) groups excluding carboxylic acids is 1. The lowest BCUT2D eigenvalue weighted by atomic mass is 10.2. The van der Waals surface area contributed by atoms with Crippen LogP contribution >= 0.6 is 0 Å². The number of amides is 1. The van der Waals surface area contributed by atoms with Crippen LogP contribution in [-0.4, -0.2) is 35.6 Å². The van der Waals surface area contributed by atoms with Gasteiger partial charge >= 0.3 is 0 Å². The predicted molar refractivity (Wildman–Crippen MR) is 48.8 cm³/mol. The van der Waals surface area contributed by atoms with Crippen molar-refractivity contribution in [2.24, 2.45) is 0 Å². The minimum Gasteiger partial charge on any atom is -0.396 e. The molecule has 0 aliphatic carbocycles. The molecule has 0 unspecified atom stereocenters. The molecule has 74 valence electrons. The van der Waals surface area contributed by atoms with Gasteiger partial charge in [-0.1, -0.05) is 0 Å². The number of hydrogen-bond donors (Lipinski definition) is 1. The van der Waals surface area contributed by atoms with E-state index in [9.17, 15) is 4.79 Å². The Bertz CT molecular complexity index is 187. The van der Waals surface area contributed by atoms with Crippen LogP contribution in [0.15, 0.2) is 0 Å². The van der Waals surface area contributed by atoms with E-state index in [1.54, 1.807) is 4.90 Å². The third-order valence-electron chi connectivity index (χ3n) is 1.78. The quantitative estimate of drug-likeness (QED) is 0.654. The molecule has 0 saturated carbocycles. The third kappa shape index (κ3) is 5.21. The highest BCUT2D eigenvalue weighted by Gasteiger charge is 2.09. The van der Waals surface area contributed by atoms with Crippen molar-refractivity contribution in [2.45, 2.75) is 26.2 Å². The summed E-state index contributed by atoms with van der Waals surface area (Å²) in [7, 11) is 0. The Hall–Kier alpha value is -1.08. The second kappa shape index (κ2) is 7.56. The number of rotatable bonds is 6. The Morgan fingerprint density at radius 1 is 1.62 bits per heavy atom. The fourth-order valence-electron chi connectivity index (χ4n) is 1.03. The standard InChI is InChI=1S/C9H16N2O2/c1-2-11(7-4-6-10)9(13)5-3-8-12/h12H,2-5,7-8H2,1H3. The van der Waals surface area contributed by atoms with Gasteiger partial charge in [-0.2, -0.15) is 5.26 Å².